The smallest absolute Gasteiger partial charge is 0.412 e. The lowest BCUT2D eigenvalue weighted by atomic mass is 10.1. The number of nitrogens with one attached hydrogen (secondary N) is 2. The average molecular weight is 426 g/mol. The molecule has 2 aromatic rings. The van der Waals surface area contributed by atoms with Gasteiger partial charge in [-0.25, -0.2) is 4.79 Å². The van der Waals surface area contributed by atoms with Crippen LogP contribution in [0.25, 0.3) is 0 Å². The van der Waals surface area contributed by atoms with Gasteiger partial charge in [0.25, 0.3) is 5.91 Å². The molecule has 0 atom stereocenters. The van der Waals surface area contributed by atoms with Crippen molar-refractivity contribution < 1.29 is 19.1 Å². The summed E-state index contributed by atoms with van der Waals surface area (Å²) in [5.74, 6) is -0.204. The summed E-state index contributed by atoms with van der Waals surface area (Å²) in [7, 11) is 0. The molecule has 1 aliphatic rings. The van der Waals surface area contributed by atoms with Gasteiger partial charge in [0, 0.05) is 36.6 Å². The van der Waals surface area contributed by atoms with Crippen molar-refractivity contribution >= 4 is 23.4 Å². The van der Waals surface area contributed by atoms with E-state index >= 15 is 0 Å². The molecule has 7 nitrogen and oxygen atoms in total. The van der Waals surface area contributed by atoms with Gasteiger partial charge >= 0.3 is 6.09 Å². The number of benzene rings is 2. The summed E-state index contributed by atoms with van der Waals surface area (Å²) in [6.07, 6.45) is 0.443. The van der Waals surface area contributed by atoms with Gasteiger partial charge in [-0.05, 0) is 69.2 Å². The summed E-state index contributed by atoms with van der Waals surface area (Å²) in [6.45, 7) is 10.0. The minimum absolute atomic E-state index is 0.204. The summed E-state index contributed by atoms with van der Waals surface area (Å²) >= 11 is 0. The third-order valence-electron chi connectivity index (χ3n) is 4.82. The number of carbonyl (C=O) groups is 2. The third-order valence-corrected chi connectivity index (χ3v) is 4.82. The number of morpholine rings is 1. The number of anilines is 2. The van der Waals surface area contributed by atoms with E-state index in [1.54, 1.807) is 45.0 Å². The third kappa shape index (κ3) is 7.70. The van der Waals surface area contributed by atoms with E-state index in [1.165, 1.54) is 5.56 Å². The van der Waals surface area contributed by atoms with Crippen LogP contribution in [-0.4, -0.2) is 55.3 Å². The van der Waals surface area contributed by atoms with Crippen molar-refractivity contribution in [2.45, 2.75) is 32.8 Å². The van der Waals surface area contributed by atoms with Gasteiger partial charge in [-0.2, -0.15) is 0 Å². The zero-order chi connectivity index (χ0) is 22.3. The van der Waals surface area contributed by atoms with E-state index in [0.29, 0.717) is 11.3 Å². The Hall–Kier alpha value is -2.90. The molecule has 2 N–H and O–H groups in total. The number of ether oxygens (including phenoxy) is 2. The Morgan fingerprint density at radius 3 is 2.13 bits per heavy atom. The summed E-state index contributed by atoms with van der Waals surface area (Å²) in [5.41, 5.74) is 2.49. The monoisotopic (exact) mass is 425 g/mol. The van der Waals surface area contributed by atoms with Crippen LogP contribution in [-0.2, 0) is 15.9 Å². The van der Waals surface area contributed by atoms with Gasteiger partial charge < -0.3 is 14.8 Å². The molecule has 1 heterocycles. The summed E-state index contributed by atoms with van der Waals surface area (Å²) < 4.78 is 10.6. The van der Waals surface area contributed by atoms with E-state index in [0.717, 1.165) is 45.0 Å². The maximum absolute atomic E-state index is 12.5. The largest absolute Gasteiger partial charge is 0.444 e. The predicted molar refractivity (Wildman–Crippen MR) is 122 cm³/mol. The normalized spacial score (nSPS) is 14.7. The molecule has 0 aromatic heterocycles. The van der Waals surface area contributed by atoms with E-state index in [4.69, 9.17) is 9.47 Å². The second-order valence-corrected chi connectivity index (χ2v) is 8.56. The quantitative estimate of drug-likeness (QED) is 0.726. The summed E-state index contributed by atoms with van der Waals surface area (Å²) in [5, 5.41) is 5.56. The van der Waals surface area contributed by atoms with Crippen LogP contribution in [0.2, 0.25) is 0 Å². The van der Waals surface area contributed by atoms with Crippen molar-refractivity contribution in [1.29, 1.82) is 0 Å². The van der Waals surface area contributed by atoms with E-state index in [1.807, 2.05) is 24.3 Å². The maximum Gasteiger partial charge on any atom is 0.412 e. The van der Waals surface area contributed by atoms with Crippen LogP contribution in [0.3, 0.4) is 0 Å². The molecular formula is C24H31N3O4. The molecule has 31 heavy (non-hydrogen) atoms. The molecule has 7 heteroatoms. The Morgan fingerprint density at radius 1 is 0.935 bits per heavy atom. The van der Waals surface area contributed by atoms with Crippen molar-refractivity contribution in [3.8, 4) is 0 Å². The van der Waals surface area contributed by atoms with Crippen LogP contribution >= 0.6 is 0 Å². The number of nitrogens with zero attached hydrogens (tertiary/aromatic N) is 1. The first-order chi connectivity index (χ1) is 14.8. The summed E-state index contributed by atoms with van der Waals surface area (Å²) in [6, 6.07) is 14.6. The molecule has 0 aliphatic carbocycles. The SMILES string of the molecule is CC(C)(C)OC(=O)Nc1ccc(C(=O)Nc2ccc(CCN3CCOCC3)cc2)cc1. The van der Waals surface area contributed by atoms with Gasteiger partial charge in [-0.15, -0.1) is 0 Å². The second kappa shape index (κ2) is 10.4. The van der Waals surface area contributed by atoms with Gasteiger partial charge in [0.15, 0.2) is 0 Å². The van der Waals surface area contributed by atoms with Crippen molar-refractivity contribution in [3.63, 3.8) is 0 Å². The van der Waals surface area contributed by atoms with Crippen LogP contribution in [0.5, 0.6) is 0 Å². The number of rotatable bonds is 6. The van der Waals surface area contributed by atoms with E-state index in [9.17, 15) is 9.59 Å². The van der Waals surface area contributed by atoms with E-state index in [-0.39, 0.29) is 5.91 Å². The van der Waals surface area contributed by atoms with E-state index < -0.39 is 11.7 Å². The van der Waals surface area contributed by atoms with Crippen LogP contribution in [0.1, 0.15) is 36.7 Å². The fourth-order valence-electron chi connectivity index (χ4n) is 3.20. The highest BCUT2D eigenvalue weighted by molar-refractivity contribution is 6.04. The Morgan fingerprint density at radius 2 is 1.52 bits per heavy atom. The van der Waals surface area contributed by atoms with Crippen LogP contribution < -0.4 is 10.6 Å². The zero-order valence-electron chi connectivity index (χ0n) is 18.4. The standard InChI is InChI=1S/C24H31N3O4/c1-24(2,3)31-23(29)26-21-10-6-19(7-11-21)22(28)25-20-8-4-18(5-9-20)12-13-27-14-16-30-17-15-27/h4-11H,12-17H2,1-3H3,(H,25,28)(H,26,29). The maximum atomic E-state index is 12.5. The van der Waals surface area contributed by atoms with Gasteiger partial charge in [-0.1, -0.05) is 12.1 Å². The second-order valence-electron chi connectivity index (χ2n) is 8.56. The zero-order valence-corrected chi connectivity index (χ0v) is 18.4. The Kier molecular flexibility index (Phi) is 7.65. The number of amides is 2. The minimum atomic E-state index is -0.567. The van der Waals surface area contributed by atoms with Crippen molar-refractivity contribution in [2.24, 2.45) is 0 Å². The van der Waals surface area contributed by atoms with E-state index in [2.05, 4.69) is 15.5 Å². The first-order valence-corrected chi connectivity index (χ1v) is 10.6. The lowest BCUT2D eigenvalue weighted by Gasteiger charge is -2.26. The number of carbonyl (C=O) groups excluding carboxylic acids is 2. The van der Waals surface area contributed by atoms with Crippen molar-refractivity contribution in [1.82, 2.24) is 4.90 Å². The molecule has 0 saturated carbocycles. The lowest BCUT2D eigenvalue weighted by Crippen LogP contribution is -2.37. The molecule has 0 unspecified atom stereocenters. The Bertz CT molecular complexity index is 867. The fourth-order valence-corrected chi connectivity index (χ4v) is 3.20. The Balaban J connectivity index is 1.48. The van der Waals surface area contributed by atoms with Crippen molar-refractivity contribution in [2.75, 3.05) is 43.5 Å². The average Bonchev–Trinajstić information content (AvgIpc) is 2.73. The number of hydrogen-bond acceptors (Lipinski definition) is 5. The molecule has 166 valence electrons. The van der Waals surface area contributed by atoms with Gasteiger partial charge in [0.1, 0.15) is 5.60 Å². The lowest BCUT2D eigenvalue weighted by molar-refractivity contribution is 0.0384. The first-order valence-electron chi connectivity index (χ1n) is 10.6. The fraction of sp³-hybridized carbons (Fsp3) is 0.417. The van der Waals surface area contributed by atoms with Gasteiger partial charge in [0.05, 0.1) is 13.2 Å². The highest BCUT2D eigenvalue weighted by Crippen LogP contribution is 2.16. The molecule has 0 spiro atoms. The predicted octanol–water partition coefficient (Wildman–Crippen LogP) is 4.16. The van der Waals surface area contributed by atoms with Crippen LogP contribution in [0.4, 0.5) is 16.2 Å². The minimum Gasteiger partial charge on any atom is -0.444 e. The molecule has 1 saturated heterocycles. The highest BCUT2D eigenvalue weighted by atomic mass is 16.6. The van der Waals surface area contributed by atoms with Crippen LogP contribution in [0, 0.1) is 0 Å². The van der Waals surface area contributed by atoms with Crippen molar-refractivity contribution in [3.05, 3.63) is 59.7 Å². The molecule has 1 aliphatic heterocycles. The number of hydrogen-bond donors (Lipinski definition) is 2. The van der Waals surface area contributed by atoms with Gasteiger partial charge in [0.2, 0.25) is 0 Å². The first kappa shape index (κ1) is 22.8. The molecule has 2 aromatic carbocycles. The Labute approximate surface area is 183 Å². The molecule has 1 fully saturated rings. The molecule has 2 amide bonds. The van der Waals surface area contributed by atoms with Crippen LogP contribution in [0.15, 0.2) is 48.5 Å². The highest BCUT2D eigenvalue weighted by Gasteiger charge is 2.16. The molecule has 3 rings (SSSR count). The molecule has 0 radical (unpaired) electrons. The topological polar surface area (TPSA) is 79.9 Å². The van der Waals surface area contributed by atoms with Gasteiger partial charge in [-0.3, -0.25) is 15.0 Å². The molecule has 0 bridgehead atoms. The molecular weight excluding hydrogens is 394 g/mol. The summed E-state index contributed by atoms with van der Waals surface area (Å²) in [4.78, 5) is 26.7.